The average molecular weight is 358 g/mol. The van der Waals surface area contributed by atoms with Gasteiger partial charge in [0.15, 0.2) is 11.6 Å². The molecular formula is C22H27FO3. The van der Waals surface area contributed by atoms with Crippen LogP contribution in [-0.4, -0.2) is 29.5 Å². The third kappa shape index (κ3) is 2.20. The van der Waals surface area contributed by atoms with E-state index in [4.69, 9.17) is 0 Å². The van der Waals surface area contributed by atoms with Gasteiger partial charge in [-0.2, -0.15) is 0 Å². The number of carbonyl (C=O) groups excluding carboxylic acids is 2. The lowest BCUT2D eigenvalue weighted by molar-refractivity contribution is -0.131. The highest BCUT2D eigenvalue weighted by Gasteiger charge is 2.61. The van der Waals surface area contributed by atoms with Crippen molar-refractivity contribution >= 4 is 11.6 Å². The Labute approximate surface area is 154 Å². The predicted octanol–water partition coefficient (Wildman–Crippen LogP) is 3.59. The molecule has 0 aromatic heterocycles. The number of aliphatic hydroxyl groups is 1. The van der Waals surface area contributed by atoms with Gasteiger partial charge >= 0.3 is 0 Å². The molecule has 0 aromatic carbocycles. The molecule has 0 bridgehead atoms. The minimum Gasteiger partial charge on any atom is -0.389 e. The maximum atomic E-state index is 15.4. The van der Waals surface area contributed by atoms with Crippen LogP contribution in [-0.2, 0) is 9.59 Å². The molecular weight excluding hydrogens is 331 g/mol. The van der Waals surface area contributed by atoms with Gasteiger partial charge in [-0.15, -0.1) is 0 Å². The predicted molar refractivity (Wildman–Crippen MR) is 97.0 cm³/mol. The molecule has 4 aliphatic carbocycles. The summed E-state index contributed by atoms with van der Waals surface area (Å²) in [6, 6.07) is 0. The molecule has 0 aromatic rings. The number of rotatable bonds is 2. The van der Waals surface area contributed by atoms with Gasteiger partial charge in [-0.05, 0) is 54.7 Å². The first-order chi connectivity index (χ1) is 12.2. The van der Waals surface area contributed by atoms with E-state index >= 15 is 4.39 Å². The molecule has 3 unspecified atom stereocenters. The number of Topliss-reactive ketones (excluding diaryl/α,β-unsaturated/α-hetero) is 1. The quantitative estimate of drug-likeness (QED) is 0.768. The normalized spacial score (nSPS) is 46.8. The fraction of sp³-hybridized carbons (Fsp3) is 0.636. The molecule has 4 rings (SSSR count). The van der Waals surface area contributed by atoms with E-state index in [2.05, 4.69) is 26.8 Å². The Balaban J connectivity index is 1.80. The minimum atomic E-state index is -1.03. The molecule has 2 fully saturated rings. The van der Waals surface area contributed by atoms with Gasteiger partial charge in [-0.1, -0.05) is 31.6 Å². The number of ketones is 2. The Morgan fingerprint density at radius 2 is 2.12 bits per heavy atom. The van der Waals surface area contributed by atoms with Gasteiger partial charge in [0.1, 0.15) is 12.8 Å². The Kier molecular flexibility index (Phi) is 3.93. The van der Waals surface area contributed by atoms with E-state index in [1.54, 1.807) is 12.2 Å². The van der Waals surface area contributed by atoms with Crippen molar-refractivity contribution in [3.05, 3.63) is 35.5 Å². The smallest absolute Gasteiger partial charge is 0.178 e. The van der Waals surface area contributed by atoms with Crippen molar-refractivity contribution in [1.29, 1.82) is 0 Å². The van der Waals surface area contributed by atoms with E-state index < -0.39 is 12.8 Å². The molecule has 2 saturated carbocycles. The monoisotopic (exact) mass is 358 g/mol. The lowest BCUT2D eigenvalue weighted by Crippen LogP contribution is -2.49. The Bertz CT molecular complexity index is 763. The highest BCUT2D eigenvalue weighted by atomic mass is 19.1. The van der Waals surface area contributed by atoms with Crippen LogP contribution in [0.25, 0.3) is 0 Å². The summed E-state index contributed by atoms with van der Waals surface area (Å²) in [5.74, 6) is -0.355. The molecule has 140 valence electrons. The third-order valence-corrected chi connectivity index (χ3v) is 7.78. The molecule has 3 nitrogen and oxygen atoms in total. The van der Waals surface area contributed by atoms with Crippen molar-refractivity contribution in [2.24, 2.45) is 34.5 Å². The molecule has 0 aliphatic heterocycles. The number of halogens is 1. The van der Waals surface area contributed by atoms with Gasteiger partial charge < -0.3 is 5.11 Å². The second kappa shape index (κ2) is 5.72. The minimum absolute atomic E-state index is 0.0625. The zero-order valence-electron chi connectivity index (χ0n) is 15.7. The van der Waals surface area contributed by atoms with E-state index in [-0.39, 0.29) is 52.5 Å². The van der Waals surface area contributed by atoms with Crippen LogP contribution in [0.1, 0.15) is 40.0 Å². The molecule has 26 heavy (non-hydrogen) atoms. The van der Waals surface area contributed by atoms with Crippen LogP contribution in [0.15, 0.2) is 35.5 Å². The van der Waals surface area contributed by atoms with Gasteiger partial charge in [0.05, 0.1) is 0 Å². The molecule has 0 heterocycles. The van der Waals surface area contributed by atoms with Gasteiger partial charge in [-0.3, -0.25) is 9.59 Å². The van der Waals surface area contributed by atoms with Crippen molar-refractivity contribution in [3.8, 4) is 0 Å². The lowest BCUT2D eigenvalue weighted by Gasteiger charge is -2.53. The van der Waals surface area contributed by atoms with Crippen molar-refractivity contribution in [2.75, 3.05) is 6.61 Å². The number of hydrogen-bond acceptors (Lipinski definition) is 3. The summed E-state index contributed by atoms with van der Waals surface area (Å²) in [6.07, 6.45) is 8.07. The van der Waals surface area contributed by atoms with E-state index in [9.17, 15) is 14.7 Å². The fourth-order valence-corrected chi connectivity index (χ4v) is 6.61. The third-order valence-electron chi connectivity index (χ3n) is 7.78. The van der Waals surface area contributed by atoms with Crippen LogP contribution in [0.5, 0.6) is 0 Å². The summed E-state index contributed by atoms with van der Waals surface area (Å²) >= 11 is 0. The second-order valence-corrected chi connectivity index (χ2v) is 9.14. The van der Waals surface area contributed by atoms with E-state index in [0.717, 1.165) is 24.0 Å². The van der Waals surface area contributed by atoms with Gasteiger partial charge in [0, 0.05) is 23.7 Å². The number of fused-ring (bicyclic) bond motifs is 5. The van der Waals surface area contributed by atoms with Crippen LogP contribution in [0.4, 0.5) is 4.39 Å². The molecule has 0 spiro atoms. The molecule has 0 radical (unpaired) electrons. The number of aliphatic hydroxyl groups excluding tert-OH is 1. The van der Waals surface area contributed by atoms with Gasteiger partial charge in [0.2, 0.25) is 0 Å². The Morgan fingerprint density at radius 1 is 1.38 bits per heavy atom. The van der Waals surface area contributed by atoms with Crippen LogP contribution in [0, 0.1) is 34.5 Å². The topological polar surface area (TPSA) is 54.4 Å². The fourth-order valence-electron chi connectivity index (χ4n) is 6.61. The van der Waals surface area contributed by atoms with Crippen molar-refractivity contribution in [1.82, 2.24) is 0 Å². The summed E-state index contributed by atoms with van der Waals surface area (Å²) < 4.78 is 15.4. The van der Waals surface area contributed by atoms with Crippen LogP contribution < -0.4 is 0 Å². The Hall–Kier alpha value is -1.55. The molecule has 4 aliphatic rings. The summed E-state index contributed by atoms with van der Waals surface area (Å²) in [7, 11) is 0. The summed E-state index contributed by atoms with van der Waals surface area (Å²) in [5, 5.41) is 9.43. The van der Waals surface area contributed by atoms with Crippen molar-refractivity contribution in [3.63, 3.8) is 0 Å². The van der Waals surface area contributed by atoms with Crippen LogP contribution in [0.3, 0.4) is 0 Å². The maximum Gasteiger partial charge on any atom is 0.178 e. The van der Waals surface area contributed by atoms with Crippen LogP contribution >= 0.6 is 0 Å². The number of carbonyl (C=O) groups is 2. The maximum absolute atomic E-state index is 15.4. The van der Waals surface area contributed by atoms with E-state index in [1.165, 1.54) is 0 Å². The first kappa shape index (κ1) is 17.8. The van der Waals surface area contributed by atoms with Crippen molar-refractivity contribution in [2.45, 2.75) is 46.2 Å². The lowest BCUT2D eigenvalue weighted by atomic mass is 9.51. The standard InChI is InChI=1S/C22H27FO3/c1-12-8-16-19-15(5-7-22(16,3)20(12)18(26)11-24)21(2)6-4-14(25)9-13(21)10-17(19)23/h4-6,9,12,16-17,19-20,24H,7-8,10-11H2,1-3H3/t12-,16?,17?,19?,20+,21-,22-/m0/s1. The zero-order chi connectivity index (χ0) is 18.9. The summed E-state index contributed by atoms with van der Waals surface area (Å²) in [6.45, 7) is 5.81. The van der Waals surface area contributed by atoms with Gasteiger partial charge in [-0.25, -0.2) is 4.39 Å². The largest absolute Gasteiger partial charge is 0.389 e. The summed E-state index contributed by atoms with van der Waals surface area (Å²) in [4.78, 5) is 24.2. The highest BCUT2D eigenvalue weighted by molar-refractivity contribution is 6.01. The van der Waals surface area contributed by atoms with E-state index in [0.29, 0.717) is 0 Å². The van der Waals surface area contributed by atoms with Crippen molar-refractivity contribution < 1.29 is 19.1 Å². The molecule has 0 amide bonds. The first-order valence-electron chi connectivity index (χ1n) is 9.65. The summed E-state index contributed by atoms with van der Waals surface area (Å²) in [5.41, 5.74) is 1.27. The number of allylic oxidation sites excluding steroid dienone is 6. The molecule has 1 N–H and O–H groups in total. The van der Waals surface area contributed by atoms with Gasteiger partial charge in [0.25, 0.3) is 0 Å². The number of alkyl halides is 1. The molecule has 4 heteroatoms. The average Bonchev–Trinajstić information content (AvgIpc) is 2.86. The first-order valence-corrected chi connectivity index (χ1v) is 9.65. The van der Waals surface area contributed by atoms with Crippen LogP contribution in [0.2, 0.25) is 0 Å². The second-order valence-electron chi connectivity index (χ2n) is 9.14. The Morgan fingerprint density at radius 3 is 2.81 bits per heavy atom. The number of hydrogen-bond donors (Lipinski definition) is 1. The van der Waals surface area contributed by atoms with E-state index in [1.807, 2.05) is 6.08 Å². The molecule has 0 saturated heterocycles. The SMILES string of the molecule is C[C@H]1CC2C3C(=CC[C@]2(C)[C@H]1C(=O)CO)[C@@]1(C)C=CC(=O)C=C1CC3F. The highest BCUT2D eigenvalue weighted by Crippen LogP contribution is 2.65. The zero-order valence-corrected chi connectivity index (χ0v) is 15.7. The molecule has 7 atom stereocenters.